The van der Waals surface area contributed by atoms with E-state index in [-0.39, 0.29) is 28.6 Å². The Morgan fingerprint density at radius 3 is 2.88 bits per heavy atom. The van der Waals surface area contributed by atoms with E-state index in [9.17, 15) is 18.7 Å². The molecule has 2 atom stereocenters. The van der Waals surface area contributed by atoms with Crippen molar-refractivity contribution in [1.82, 2.24) is 9.55 Å². The number of hydrogen-bond acceptors (Lipinski definition) is 4. The number of carboxylic acids is 1. The number of piperazine rings is 1. The van der Waals surface area contributed by atoms with E-state index < -0.39 is 18.5 Å². The number of anilines is 1. The van der Waals surface area contributed by atoms with E-state index in [1.165, 1.54) is 12.6 Å². The molecule has 140 valence electrons. The quantitative estimate of drug-likeness (QED) is 0.655. The van der Waals surface area contributed by atoms with Gasteiger partial charge in [-0.15, -0.1) is 4.65 Å². The van der Waals surface area contributed by atoms with Crippen LogP contribution in [0, 0.1) is 12.4 Å². The van der Waals surface area contributed by atoms with Gasteiger partial charge in [-0.1, -0.05) is 0 Å². The second-order valence-corrected chi connectivity index (χ2v) is 7.07. The molecule has 0 spiro atoms. The Bertz CT molecular complexity index is 813. The summed E-state index contributed by atoms with van der Waals surface area (Å²) in [5, 5.41) is 9.35. The lowest BCUT2D eigenvalue weighted by Gasteiger charge is -2.39. The lowest BCUT2D eigenvalue weighted by Crippen LogP contribution is -2.50. The molecular formula is C18H21F2N3O3. The summed E-state index contributed by atoms with van der Waals surface area (Å²) in [4.78, 5) is 21.4. The summed E-state index contributed by atoms with van der Waals surface area (Å²) in [6.45, 7) is 4.93. The predicted molar refractivity (Wildman–Crippen MR) is 93.3 cm³/mol. The number of carboxylic acid groups (broad SMARTS) is 1. The number of aliphatic carboxylic acids is 1. The number of hydrogen-bond donors (Lipinski definition) is 1. The third kappa shape index (κ3) is 2.36. The summed E-state index contributed by atoms with van der Waals surface area (Å²) in [5.74, 6) is -1.48. The minimum atomic E-state index is -1.16. The van der Waals surface area contributed by atoms with Crippen molar-refractivity contribution in [3.63, 3.8) is 0 Å². The van der Waals surface area contributed by atoms with Gasteiger partial charge in [-0.25, -0.2) is 8.78 Å². The van der Waals surface area contributed by atoms with Gasteiger partial charge in [0.25, 0.3) is 0 Å². The molecule has 8 heteroatoms. The molecule has 1 saturated heterocycles. The fourth-order valence-corrected chi connectivity index (χ4v) is 3.88. The summed E-state index contributed by atoms with van der Waals surface area (Å²) in [6, 6.07) is 3.28. The van der Waals surface area contributed by atoms with Crippen LogP contribution in [0.2, 0.25) is 0 Å². The standard InChI is InChI=1S/C18H21F2N3O3/c1-11-9-22(5-4-21(11)2)15-8-16-12(7-14(15)20)17-13(18(24)25)10-23(16,26-17)6-3-19/h7-8,10-11H,3-6,9H2,1-2H3,(H,24,25). The Morgan fingerprint density at radius 2 is 2.23 bits per heavy atom. The molecule has 0 radical (unpaired) electrons. The number of rotatable bonds is 4. The van der Waals surface area contributed by atoms with Crippen LogP contribution in [0.4, 0.5) is 20.2 Å². The summed E-state index contributed by atoms with van der Waals surface area (Å²) in [5.41, 5.74) is 1.38. The van der Waals surface area contributed by atoms with Crippen LogP contribution in [-0.4, -0.2) is 61.9 Å². The average Bonchev–Trinajstić information content (AvgIpc) is 3.11. The second kappa shape index (κ2) is 5.85. The lowest BCUT2D eigenvalue weighted by atomic mass is 10.0. The van der Waals surface area contributed by atoms with Crippen LogP contribution in [0.25, 0.3) is 5.76 Å². The molecule has 0 aromatic heterocycles. The molecule has 1 aromatic carbocycles. The maximum atomic E-state index is 14.8. The maximum Gasteiger partial charge on any atom is 0.226 e. The molecule has 0 saturated carbocycles. The van der Waals surface area contributed by atoms with Crippen LogP contribution < -0.4 is 9.55 Å². The summed E-state index contributed by atoms with van der Waals surface area (Å²) < 4.78 is 27.7. The average molecular weight is 365 g/mol. The Hall–Kier alpha value is -2.32. The highest BCUT2D eigenvalue weighted by atomic mass is 19.1. The van der Waals surface area contributed by atoms with Crippen molar-refractivity contribution in [2.24, 2.45) is 0 Å². The zero-order chi connectivity index (χ0) is 18.6. The fraction of sp³-hybridized carbons (Fsp3) is 0.444. The number of benzene rings is 1. The highest BCUT2D eigenvalue weighted by molar-refractivity contribution is 6.03. The molecule has 2 bridgehead atoms. The van der Waals surface area contributed by atoms with Crippen molar-refractivity contribution >= 4 is 23.1 Å². The molecule has 2 unspecified atom stereocenters. The largest absolute Gasteiger partial charge is 0.535 e. The van der Waals surface area contributed by atoms with Gasteiger partial charge in [-0.05, 0) is 25.6 Å². The van der Waals surface area contributed by atoms with Crippen molar-refractivity contribution < 1.29 is 23.5 Å². The molecule has 1 fully saturated rings. The number of likely N-dealkylation sites (N-methyl/N-ethyl adjacent to an activating group) is 1. The number of hydroxylamine groups is 2. The normalized spacial score (nSPS) is 27.4. The minimum Gasteiger partial charge on any atom is -0.535 e. The third-order valence-electron chi connectivity index (χ3n) is 5.50. The molecule has 3 aliphatic rings. The van der Waals surface area contributed by atoms with Crippen molar-refractivity contribution in [3.8, 4) is 0 Å². The smallest absolute Gasteiger partial charge is 0.226 e. The van der Waals surface area contributed by atoms with Gasteiger partial charge in [0.15, 0.2) is 5.69 Å². The first-order valence-corrected chi connectivity index (χ1v) is 8.63. The van der Waals surface area contributed by atoms with Crippen LogP contribution in [-0.2, 0) is 9.63 Å². The number of nitrogens with zero attached hydrogens (tertiary/aromatic N) is 3. The highest BCUT2D eigenvalue weighted by Gasteiger charge is 2.49. The fourth-order valence-electron chi connectivity index (χ4n) is 3.88. The zero-order valence-corrected chi connectivity index (χ0v) is 14.7. The Morgan fingerprint density at radius 1 is 1.46 bits per heavy atom. The van der Waals surface area contributed by atoms with E-state index in [1.807, 2.05) is 11.9 Å². The molecule has 0 amide bonds. The SMILES string of the molecule is CC1CN(c2cc3c(cc2F)C2=C(C(=O)O)[CH-][N+]3(CCF)O2)CCN1C. The van der Waals surface area contributed by atoms with Gasteiger partial charge >= 0.3 is 0 Å². The van der Waals surface area contributed by atoms with E-state index in [2.05, 4.69) is 11.8 Å². The molecule has 1 aromatic rings. The van der Waals surface area contributed by atoms with Gasteiger partial charge in [0, 0.05) is 37.3 Å². The van der Waals surface area contributed by atoms with Gasteiger partial charge in [0.1, 0.15) is 24.8 Å². The highest BCUT2D eigenvalue weighted by Crippen LogP contribution is 2.53. The van der Waals surface area contributed by atoms with Crippen molar-refractivity contribution in [2.75, 3.05) is 44.8 Å². The van der Waals surface area contributed by atoms with E-state index in [4.69, 9.17) is 4.84 Å². The molecular weight excluding hydrogens is 344 g/mol. The predicted octanol–water partition coefficient (Wildman–Crippen LogP) is 2.16. The van der Waals surface area contributed by atoms with E-state index in [0.717, 1.165) is 6.54 Å². The van der Waals surface area contributed by atoms with Crippen LogP contribution >= 0.6 is 0 Å². The number of halogens is 2. The first-order chi connectivity index (χ1) is 12.4. The van der Waals surface area contributed by atoms with Crippen molar-refractivity contribution in [3.05, 3.63) is 35.6 Å². The van der Waals surface area contributed by atoms with Gasteiger partial charge < -0.3 is 24.5 Å². The minimum absolute atomic E-state index is 0.0497. The number of alkyl halides is 1. The summed E-state index contributed by atoms with van der Waals surface area (Å²) >= 11 is 0. The maximum absolute atomic E-state index is 14.8. The molecule has 0 aliphatic carbocycles. The van der Waals surface area contributed by atoms with Gasteiger partial charge in [-0.3, -0.25) is 0 Å². The molecule has 4 rings (SSSR count). The van der Waals surface area contributed by atoms with Crippen LogP contribution in [0.3, 0.4) is 0 Å². The van der Waals surface area contributed by atoms with E-state index in [0.29, 0.717) is 30.0 Å². The molecule has 26 heavy (non-hydrogen) atoms. The Labute approximate surface area is 150 Å². The Kier molecular flexibility index (Phi) is 3.85. The number of quaternary nitrogens is 1. The molecule has 3 heterocycles. The molecule has 1 N–H and O–H groups in total. The van der Waals surface area contributed by atoms with E-state index >= 15 is 0 Å². The van der Waals surface area contributed by atoms with Crippen LogP contribution in [0.15, 0.2) is 17.7 Å². The lowest BCUT2D eigenvalue weighted by molar-refractivity contribution is -0.132. The first kappa shape index (κ1) is 17.1. The Balaban J connectivity index is 1.78. The third-order valence-corrected chi connectivity index (χ3v) is 5.50. The van der Waals surface area contributed by atoms with Gasteiger partial charge in [-0.2, -0.15) is 0 Å². The van der Waals surface area contributed by atoms with Gasteiger partial charge in [0.05, 0.1) is 12.2 Å². The second-order valence-electron chi connectivity index (χ2n) is 7.07. The number of carbonyl (C=O) groups is 1. The first-order valence-electron chi connectivity index (χ1n) is 8.63. The topological polar surface area (TPSA) is 53.0 Å². The summed E-state index contributed by atoms with van der Waals surface area (Å²) in [6.07, 6.45) is 0. The zero-order valence-electron chi connectivity index (χ0n) is 14.7. The number of fused-ring (bicyclic) bond motifs is 5. The molecule has 3 aliphatic heterocycles. The van der Waals surface area contributed by atoms with Crippen molar-refractivity contribution in [1.29, 1.82) is 0 Å². The monoisotopic (exact) mass is 365 g/mol. The van der Waals surface area contributed by atoms with Crippen molar-refractivity contribution in [2.45, 2.75) is 13.0 Å². The van der Waals surface area contributed by atoms with E-state index in [1.54, 1.807) is 6.07 Å². The molecule has 6 nitrogen and oxygen atoms in total. The van der Waals surface area contributed by atoms with Gasteiger partial charge in [0.2, 0.25) is 5.97 Å². The van der Waals surface area contributed by atoms with Crippen LogP contribution in [0.5, 0.6) is 0 Å². The summed E-state index contributed by atoms with van der Waals surface area (Å²) in [7, 11) is 2.04. The van der Waals surface area contributed by atoms with Crippen LogP contribution in [0.1, 0.15) is 12.5 Å².